The Hall–Kier alpha value is -1.59. The monoisotopic (exact) mass is 416 g/mol. The lowest BCUT2D eigenvalue weighted by molar-refractivity contribution is 0.0561. The summed E-state index contributed by atoms with van der Waals surface area (Å²) >= 11 is 6.20. The number of nitrogens with zero attached hydrogens (tertiary/aromatic N) is 1. The van der Waals surface area contributed by atoms with Gasteiger partial charge in [0.15, 0.2) is 0 Å². The third-order valence-corrected chi connectivity index (χ3v) is 6.01. The van der Waals surface area contributed by atoms with Crippen LogP contribution in [0.3, 0.4) is 0 Å². The van der Waals surface area contributed by atoms with E-state index in [-0.39, 0.29) is 0 Å². The maximum Gasteiger partial charge on any atom is 0.119 e. The number of nitrogens with one attached hydrogen (secondary N) is 1. The predicted molar refractivity (Wildman–Crippen MR) is 119 cm³/mol. The van der Waals surface area contributed by atoms with Crippen molar-refractivity contribution in [1.82, 2.24) is 10.2 Å². The highest BCUT2D eigenvalue weighted by atomic mass is 35.5. The molecule has 0 amide bonds. The molecule has 158 valence electrons. The topological polar surface area (TPSA) is 44.7 Å². The van der Waals surface area contributed by atoms with Gasteiger partial charge in [0.05, 0.1) is 0 Å². The van der Waals surface area contributed by atoms with Crippen molar-refractivity contribution in [2.45, 2.75) is 57.3 Å². The van der Waals surface area contributed by atoms with E-state index in [0.717, 1.165) is 35.0 Å². The quantitative estimate of drug-likeness (QED) is 0.592. The minimum atomic E-state index is -0.482. The van der Waals surface area contributed by atoms with E-state index in [1.54, 1.807) is 0 Å². The van der Waals surface area contributed by atoms with Crippen LogP contribution in [0.5, 0.6) is 5.75 Å². The van der Waals surface area contributed by atoms with E-state index < -0.39 is 6.10 Å². The molecule has 0 saturated heterocycles. The molecule has 0 radical (unpaired) electrons. The Kier molecular flexibility index (Phi) is 8.81. The van der Waals surface area contributed by atoms with Gasteiger partial charge in [-0.15, -0.1) is 0 Å². The number of rotatable bonds is 10. The van der Waals surface area contributed by atoms with Crippen LogP contribution in [0.15, 0.2) is 48.5 Å². The summed E-state index contributed by atoms with van der Waals surface area (Å²) < 4.78 is 5.85. The number of halogens is 1. The second-order valence-electron chi connectivity index (χ2n) is 8.04. The molecule has 1 saturated carbocycles. The van der Waals surface area contributed by atoms with Crippen LogP contribution < -0.4 is 10.1 Å². The zero-order valence-electron chi connectivity index (χ0n) is 17.3. The zero-order valence-corrected chi connectivity index (χ0v) is 18.1. The second-order valence-corrected chi connectivity index (χ2v) is 8.45. The van der Waals surface area contributed by atoms with Crippen LogP contribution in [0.2, 0.25) is 5.02 Å². The van der Waals surface area contributed by atoms with Gasteiger partial charge in [0, 0.05) is 30.7 Å². The summed E-state index contributed by atoms with van der Waals surface area (Å²) in [7, 11) is 2.12. The van der Waals surface area contributed by atoms with Crippen LogP contribution in [0.4, 0.5) is 0 Å². The van der Waals surface area contributed by atoms with Crippen molar-refractivity contribution in [3.05, 3.63) is 64.7 Å². The normalized spacial score (nSPS) is 16.1. The summed E-state index contributed by atoms with van der Waals surface area (Å²) in [5.74, 6) is 0.793. The summed E-state index contributed by atoms with van der Waals surface area (Å²) in [4.78, 5) is 2.29. The molecule has 2 aromatic carbocycles. The maximum absolute atomic E-state index is 10.4. The number of benzene rings is 2. The summed E-state index contributed by atoms with van der Waals surface area (Å²) in [5, 5.41) is 14.6. The highest BCUT2D eigenvalue weighted by Gasteiger charge is 2.20. The molecule has 2 N–H and O–H groups in total. The molecule has 29 heavy (non-hydrogen) atoms. The van der Waals surface area contributed by atoms with Crippen LogP contribution in [-0.2, 0) is 13.1 Å². The number of aliphatic hydroxyl groups is 1. The van der Waals surface area contributed by atoms with E-state index in [1.807, 2.05) is 42.5 Å². The van der Waals surface area contributed by atoms with Crippen molar-refractivity contribution in [2.75, 3.05) is 20.2 Å². The van der Waals surface area contributed by atoms with Crippen molar-refractivity contribution < 1.29 is 9.84 Å². The van der Waals surface area contributed by atoms with E-state index >= 15 is 0 Å². The van der Waals surface area contributed by atoms with Gasteiger partial charge in [-0.25, -0.2) is 0 Å². The Morgan fingerprint density at radius 3 is 2.69 bits per heavy atom. The van der Waals surface area contributed by atoms with Crippen molar-refractivity contribution in [2.24, 2.45) is 0 Å². The average molecular weight is 417 g/mol. The van der Waals surface area contributed by atoms with E-state index in [4.69, 9.17) is 16.3 Å². The molecule has 5 heteroatoms. The molecule has 1 atom stereocenters. The minimum Gasteiger partial charge on any atom is -0.491 e. The summed E-state index contributed by atoms with van der Waals surface area (Å²) in [6.07, 6.45) is 5.96. The Balaban J connectivity index is 1.41. The van der Waals surface area contributed by atoms with Crippen LogP contribution in [-0.4, -0.2) is 42.4 Å². The number of hydrogen-bond donors (Lipinski definition) is 2. The summed E-state index contributed by atoms with van der Waals surface area (Å²) in [6, 6.07) is 16.5. The Morgan fingerprint density at radius 1 is 1.10 bits per heavy atom. The van der Waals surface area contributed by atoms with Gasteiger partial charge in [-0.2, -0.15) is 0 Å². The third-order valence-electron chi connectivity index (χ3n) is 5.64. The van der Waals surface area contributed by atoms with Crippen molar-refractivity contribution in [3.63, 3.8) is 0 Å². The lowest BCUT2D eigenvalue weighted by Crippen LogP contribution is -2.40. The van der Waals surface area contributed by atoms with Crippen molar-refractivity contribution in [3.8, 4) is 5.75 Å². The first-order chi connectivity index (χ1) is 14.1. The van der Waals surface area contributed by atoms with E-state index in [9.17, 15) is 5.11 Å². The van der Waals surface area contributed by atoms with Crippen LogP contribution in [0, 0.1) is 0 Å². The molecule has 1 unspecified atom stereocenters. The molecule has 3 rings (SSSR count). The van der Waals surface area contributed by atoms with Crippen molar-refractivity contribution >= 4 is 11.6 Å². The highest BCUT2D eigenvalue weighted by Crippen LogP contribution is 2.22. The molecule has 1 aliphatic carbocycles. The summed E-state index contributed by atoms with van der Waals surface area (Å²) in [6.45, 7) is 2.42. The largest absolute Gasteiger partial charge is 0.491 e. The van der Waals surface area contributed by atoms with Gasteiger partial charge in [-0.3, -0.25) is 0 Å². The molecule has 0 bridgehead atoms. The molecule has 0 spiro atoms. The van der Waals surface area contributed by atoms with Gasteiger partial charge < -0.3 is 20.1 Å². The summed E-state index contributed by atoms with van der Waals surface area (Å²) in [5.41, 5.74) is 2.23. The fourth-order valence-corrected chi connectivity index (χ4v) is 4.18. The molecule has 4 nitrogen and oxygen atoms in total. The number of aliphatic hydroxyl groups excluding tert-OH is 1. The van der Waals surface area contributed by atoms with Gasteiger partial charge >= 0.3 is 0 Å². The Labute approximate surface area is 179 Å². The fraction of sp³-hybridized carbons (Fsp3) is 0.500. The molecule has 0 aromatic heterocycles. The fourth-order valence-electron chi connectivity index (χ4n) is 3.98. The van der Waals surface area contributed by atoms with E-state index in [1.165, 1.54) is 32.1 Å². The Bertz CT molecular complexity index is 749. The molecule has 1 aliphatic rings. The first-order valence-corrected chi connectivity index (χ1v) is 11.0. The Morgan fingerprint density at radius 2 is 1.90 bits per heavy atom. The lowest BCUT2D eigenvalue weighted by Gasteiger charge is -2.32. The second kappa shape index (κ2) is 11.6. The van der Waals surface area contributed by atoms with Gasteiger partial charge in [0.25, 0.3) is 0 Å². The number of ether oxygens (including phenoxy) is 1. The SMILES string of the molecule is CN(CC(O)COc1cccc(CNCc2ccccc2Cl)c1)C1CCCCC1. The zero-order chi connectivity index (χ0) is 20.5. The van der Waals surface area contributed by atoms with Crippen molar-refractivity contribution in [1.29, 1.82) is 0 Å². The molecular weight excluding hydrogens is 384 g/mol. The first-order valence-electron chi connectivity index (χ1n) is 10.7. The van der Waals surface area contributed by atoms with Crippen LogP contribution in [0.1, 0.15) is 43.2 Å². The van der Waals surface area contributed by atoms with Gasteiger partial charge in [0.1, 0.15) is 18.5 Å². The highest BCUT2D eigenvalue weighted by molar-refractivity contribution is 6.31. The molecule has 2 aromatic rings. The smallest absolute Gasteiger partial charge is 0.119 e. The first kappa shape index (κ1) is 22.1. The van der Waals surface area contributed by atoms with Crippen LogP contribution in [0.25, 0.3) is 0 Å². The average Bonchev–Trinajstić information content (AvgIpc) is 2.74. The molecular formula is C24H33ClN2O2. The van der Waals surface area contributed by atoms with Gasteiger partial charge in [-0.05, 0) is 49.2 Å². The minimum absolute atomic E-state index is 0.313. The standard InChI is InChI=1S/C24H33ClN2O2/c1-27(21-10-3-2-4-11-21)17-22(28)18-29-23-12-7-8-19(14-23)15-26-16-20-9-5-6-13-24(20)25/h5-9,12-14,21-22,26,28H,2-4,10-11,15-18H2,1H3. The third kappa shape index (κ3) is 7.31. The number of likely N-dealkylation sites (N-methyl/N-ethyl adjacent to an activating group) is 1. The van der Waals surface area contributed by atoms with Gasteiger partial charge in [-0.1, -0.05) is 61.2 Å². The van der Waals surface area contributed by atoms with E-state index in [2.05, 4.69) is 23.3 Å². The number of hydrogen-bond acceptors (Lipinski definition) is 4. The molecule has 0 heterocycles. The predicted octanol–water partition coefficient (Wildman–Crippen LogP) is 4.63. The molecule has 1 fully saturated rings. The lowest BCUT2D eigenvalue weighted by atomic mass is 9.94. The molecule has 0 aliphatic heterocycles. The van der Waals surface area contributed by atoms with Gasteiger partial charge in [0.2, 0.25) is 0 Å². The van der Waals surface area contributed by atoms with E-state index in [0.29, 0.717) is 19.2 Å². The maximum atomic E-state index is 10.4. The van der Waals surface area contributed by atoms with Crippen LogP contribution >= 0.6 is 11.6 Å².